The third-order valence-corrected chi connectivity index (χ3v) is 4.42. The summed E-state index contributed by atoms with van der Waals surface area (Å²) in [6.07, 6.45) is 6.21. The Morgan fingerprint density at radius 2 is 1.95 bits per heavy atom. The molecule has 1 fully saturated rings. The Balaban J connectivity index is 1.66. The highest BCUT2D eigenvalue weighted by atomic mass is 32.1. The van der Waals surface area contributed by atoms with Crippen LogP contribution in [0.2, 0.25) is 0 Å². The minimum absolute atomic E-state index is 0.0211. The van der Waals surface area contributed by atoms with E-state index < -0.39 is 0 Å². The Bertz CT molecular complexity index is 676. The number of benzene rings is 1. The summed E-state index contributed by atoms with van der Waals surface area (Å²) in [7, 11) is 0. The molecular formula is C17H16N2OS. The molecule has 4 heteroatoms. The number of nitrogens with zero attached hydrogens (tertiary/aromatic N) is 1. The van der Waals surface area contributed by atoms with Crippen LogP contribution in [0.25, 0.3) is 0 Å². The van der Waals surface area contributed by atoms with Gasteiger partial charge in [0, 0.05) is 11.6 Å². The Labute approximate surface area is 128 Å². The first-order valence-electron chi connectivity index (χ1n) is 7.15. The van der Waals surface area contributed by atoms with Gasteiger partial charge in [0.2, 0.25) is 0 Å². The standard InChI is InChI=1S/C17H16N2OS/c20-17(19-14-8-4-5-9-14)15-12-18-16(21-15)11-10-13-6-2-1-3-7-13/h1-3,6-7,12,14H,4-5,8-9H2,(H,19,20). The molecule has 0 unspecified atom stereocenters. The summed E-state index contributed by atoms with van der Waals surface area (Å²) in [4.78, 5) is 16.9. The van der Waals surface area contributed by atoms with Crippen LogP contribution in [0.5, 0.6) is 0 Å². The summed E-state index contributed by atoms with van der Waals surface area (Å²) in [5.41, 5.74) is 0.949. The first kappa shape index (κ1) is 13.8. The van der Waals surface area contributed by atoms with Crippen molar-refractivity contribution in [2.45, 2.75) is 31.7 Å². The van der Waals surface area contributed by atoms with Gasteiger partial charge in [0.05, 0.1) is 6.20 Å². The van der Waals surface area contributed by atoms with Gasteiger partial charge in [0.15, 0.2) is 5.01 Å². The zero-order valence-electron chi connectivity index (χ0n) is 11.6. The second-order valence-corrected chi connectivity index (χ2v) is 6.13. The van der Waals surface area contributed by atoms with E-state index in [4.69, 9.17) is 0 Å². The third-order valence-electron chi connectivity index (χ3n) is 3.51. The molecule has 21 heavy (non-hydrogen) atoms. The summed E-state index contributed by atoms with van der Waals surface area (Å²) in [5, 5.41) is 3.74. The first-order valence-corrected chi connectivity index (χ1v) is 7.97. The Morgan fingerprint density at radius 3 is 2.71 bits per heavy atom. The number of carbonyl (C=O) groups excluding carboxylic acids is 1. The van der Waals surface area contributed by atoms with Crippen molar-refractivity contribution in [1.29, 1.82) is 0 Å². The smallest absolute Gasteiger partial charge is 0.263 e. The van der Waals surface area contributed by atoms with E-state index in [0.717, 1.165) is 18.4 Å². The lowest BCUT2D eigenvalue weighted by Gasteiger charge is -2.09. The summed E-state index contributed by atoms with van der Waals surface area (Å²) < 4.78 is 0. The molecule has 0 radical (unpaired) electrons. The normalized spacial score (nSPS) is 14.5. The largest absolute Gasteiger partial charge is 0.349 e. The van der Waals surface area contributed by atoms with Crippen LogP contribution < -0.4 is 5.32 Å². The fraction of sp³-hybridized carbons (Fsp3) is 0.294. The Morgan fingerprint density at radius 1 is 1.19 bits per heavy atom. The van der Waals surface area contributed by atoms with Gasteiger partial charge in [-0.2, -0.15) is 0 Å². The molecule has 1 heterocycles. The fourth-order valence-corrected chi connectivity index (χ4v) is 3.08. The lowest BCUT2D eigenvalue weighted by molar-refractivity contribution is 0.0942. The van der Waals surface area contributed by atoms with Crippen molar-refractivity contribution in [3.8, 4) is 11.8 Å². The average molecular weight is 296 g/mol. The Kier molecular flexibility index (Phi) is 4.32. The first-order chi connectivity index (χ1) is 10.3. The molecule has 2 aromatic rings. The highest BCUT2D eigenvalue weighted by molar-refractivity contribution is 7.14. The predicted molar refractivity (Wildman–Crippen MR) is 84.3 cm³/mol. The van der Waals surface area contributed by atoms with Crippen LogP contribution in [0.4, 0.5) is 0 Å². The zero-order valence-corrected chi connectivity index (χ0v) is 12.5. The van der Waals surface area contributed by atoms with Crippen LogP contribution in [0, 0.1) is 11.8 Å². The topological polar surface area (TPSA) is 42.0 Å². The highest BCUT2D eigenvalue weighted by Crippen LogP contribution is 2.19. The van der Waals surface area contributed by atoms with E-state index in [1.165, 1.54) is 24.2 Å². The van der Waals surface area contributed by atoms with E-state index in [9.17, 15) is 4.79 Å². The maximum absolute atomic E-state index is 12.1. The van der Waals surface area contributed by atoms with Gasteiger partial charge in [0.1, 0.15) is 4.88 Å². The van der Waals surface area contributed by atoms with Crippen LogP contribution in [0.1, 0.15) is 45.9 Å². The monoisotopic (exact) mass is 296 g/mol. The lowest BCUT2D eigenvalue weighted by atomic mass is 10.2. The second-order valence-electron chi connectivity index (χ2n) is 5.10. The van der Waals surface area contributed by atoms with E-state index in [1.807, 2.05) is 30.3 Å². The van der Waals surface area contributed by atoms with Gasteiger partial charge in [-0.15, -0.1) is 11.3 Å². The van der Waals surface area contributed by atoms with Crippen molar-refractivity contribution >= 4 is 17.2 Å². The van der Waals surface area contributed by atoms with Gasteiger partial charge in [-0.25, -0.2) is 4.98 Å². The van der Waals surface area contributed by atoms with Gasteiger partial charge in [-0.05, 0) is 30.9 Å². The molecule has 1 aromatic heterocycles. The maximum atomic E-state index is 12.1. The molecule has 3 nitrogen and oxygen atoms in total. The van der Waals surface area contributed by atoms with Crippen LogP contribution in [0.15, 0.2) is 36.5 Å². The van der Waals surface area contributed by atoms with Gasteiger partial charge in [-0.1, -0.05) is 37.0 Å². The van der Waals surface area contributed by atoms with E-state index in [1.54, 1.807) is 6.20 Å². The number of amides is 1. The highest BCUT2D eigenvalue weighted by Gasteiger charge is 2.19. The molecule has 106 valence electrons. The van der Waals surface area contributed by atoms with Crippen LogP contribution in [-0.2, 0) is 0 Å². The van der Waals surface area contributed by atoms with Gasteiger partial charge in [0.25, 0.3) is 5.91 Å². The number of carbonyl (C=O) groups is 1. The van der Waals surface area contributed by atoms with Crippen molar-refractivity contribution in [2.24, 2.45) is 0 Å². The van der Waals surface area contributed by atoms with Gasteiger partial charge < -0.3 is 5.32 Å². The summed E-state index contributed by atoms with van der Waals surface area (Å²) >= 11 is 1.35. The number of thiazole rings is 1. The summed E-state index contributed by atoms with van der Waals surface area (Å²) in [5.74, 6) is 6.04. The molecule has 0 aliphatic heterocycles. The van der Waals surface area contributed by atoms with Crippen molar-refractivity contribution in [3.63, 3.8) is 0 Å². The molecule has 0 bridgehead atoms. The summed E-state index contributed by atoms with van der Waals surface area (Å²) in [6, 6.07) is 10.1. The fourth-order valence-electron chi connectivity index (χ4n) is 2.41. The molecule has 1 aliphatic rings. The number of nitrogens with one attached hydrogen (secondary N) is 1. The molecule has 0 saturated heterocycles. The molecule has 0 atom stereocenters. The number of rotatable bonds is 2. The third kappa shape index (κ3) is 3.71. The minimum atomic E-state index is -0.0211. The van der Waals surface area contributed by atoms with Crippen molar-refractivity contribution in [2.75, 3.05) is 0 Å². The minimum Gasteiger partial charge on any atom is -0.349 e. The summed E-state index contributed by atoms with van der Waals surface area (Å²) in [6.45, 7) is 0. The van der Waals surface area contributed by atoms with E-state index in [2.05, 4.69) is 22.1 Å². The molecule has 0 spiro atoms. The molecule has 1 saturated carbocycles. The van der Waals surface area contributed by atoms with Crippen molar-refractivity contribution in [3.05, 3.63) is 52.0 Å². The maximum Gasteiger partial charge on any atom is 0.263 e. The van der Waals surface area contributed by atoms with E-state index in [-0.39, 0.29) is 5.91 Å². The number of hydrogen-bond donors (Lipinski definition) is 1. The molecule has 1 amide bonds. The predicted octanol–water partition coefficient (Wildman–Crippen LogP) is 3.22. The second kappa shape index (κ2) is 6.55. The Hall–Kier alpha value is -2.12. The van der Waals surface area contributed by atoms with E-state index >= 15 is 0 Å². The van der Waals surface area contributed by atoms with E-state index in [0.29, 0.717) is 15.9 Å². The average Bonchev–Trinajstić information content (AvgIpc) is 3.17. The van der Waals surface area contributed by atoms with Gasteiger partial charge in [-0.3, -0.25) is 4.79 Å². The molecule has 1 N–H and O–H groups in total. The SMILES string of the molecule is O=C(NC1CCCC1)c1cnc(C#Cc2ccccc2)s1. The van der Waals surface area contributed by atoms with Crippen LogP contribution in [0.3, 0.4) is 0 Å². The zero-order chi connectivity index (χ0) is 14.5. The molecule has 1 aliphatic carbocycles. The number of aromatic nitrogens is 1. The molecular weight excluding hydrogens is 280 g/mol. The van der Waals surface area contributed by atoms with Crippen molar-refractivity contribution < 1.29 is 4.79 Å². The van der Waals surface area contributed by atoms with Gasteiger partial charge >= 0.3 is 0 Å². The van der Waals surface area contributed by atoms with Crippen LogP contribution in [-0.4, -0.2) is 16.9 Å². The molecule has 3 rings (SSSR count). The van der Waals surface area contributed by atoms with Crippen LogP contribution >= 0.6 is 11.3 Å². The lowest BCUT2D eigenvalue weighted by Crippen LogP contribution is -2.31. The quantitative estimate of drug-likeness (QED) is 0.865. The van der Waals surface area contributed by atoms with Crippen molar-refractivity contribution in [1.82, 2.24) is 10.3 Å². The molecule has 1 aromatic carbocycles. The number of hydrogen-bond acceptors (Lipinski definition) is 3.